The molecule has 3 rings (SSSR count). The summed E-state index contributed by atoms with van der Waals surface area (Å²) in [5, 5.41) is 6.12. The summed E-state index contributed by atoms with van der Waals surface area (Å²) in [6.45, 7) is 3.23. The van der Waals surface area contributed by atoms with Crippen LogP contribution in [-0.4, -0.2) is 36.1 Å². The van der Waals surface area contributed by atoms with Gasteiger partial charge in [-0.2, -0.15) is 0 Å². The smallest absolute Gasteiger partial charge is 0.318 e. The third-order valence-electron chi connectivity index (χ3n) is 4.39. The van der Waals surface area contributed by atoms with Crippen molar-refractivity contribution in [3.63, 3.8) is 0 Å². The molecule has 6 heteroatoms. The molecule has 0 bridgehead atoms. The predicted octanol–water partition coefficient (Wildman–Crippen LogP) is 3.69. The SMILES string of the molecule is COC(CNC(=O)N1CCC[C@@H]1c1csc(C)n1)c1ccccc1. The minimum Gasteiger partial charge on any atom is -0.375 e. The van der Waals surface area contributed by atoms with Gasteiger partial charge in [-0.3, -0.25) is 0 Å². The predicted molar refractivity (Wildman–Crippen MR) is 95.1 cm³/mol. The second kappa shape index (κ2) is 7.77. The Morgan fingerprint density at radius 2 is 2.25 bits per heavy atom. The van der Waals surface area contributed by atoms with Crippen molar-refractivity contribution >= 4 is 17.4 Å². The van der Waals surface area contributed by atoms with E-state index in [9.17, 15) is 4.79 Å². The molecule has 1 aromatic heterocycles. The Bertz CT molecular complexity index is 674. The Morgan fingerprint density at radius 1 is 1.46 bits per heavy atom. The Labute approximate surface area is 146 Å². The molecule has 1 saturated heterocycles. The van der Waals surface area contributed by atoms with Crippen LogP contribution in [0, 0.1) is 6.92 Å². The lowest BCUT2D eigenvalue weighted by Crippen LogP contribution is -2.41. The zero-order valence-corrected chi connectivity index (χ0v) is 14.9. The highest BCUT2D eigenvalue weighted by Gasteiger charge is 2.31. The summed E-state index contributed by atoms with van der Waals surface area (Å²) in [4.78, 5) is 19.1. The van der Waals surface area contributed by atoms with E-state index in [1.165, 1.54) is 0 Å². The number of nitrogens with zero attached hydrogens (tertiary/aromatic N) is 2. The largest absolute Gasteiger partial charge is 0.375 e. The van der Waals surface area contributed by atoms with E-state index in [2.05, 4.69) is 15.7 Å². The van der Waals surface area contributed by atoms with Gasteiger partial charge >= 0.3 is 6.03 Å². The molecule has 5 nitrogen and oxygen atoms in total. The van der Waals surface area contributed by atoms with E-state index in [1.54, 1.807) is 18.4 Å². The average molecular weight is 345 g/mol. The van der Waals surface area contributed by atoms with E-state index in [-0.39, 0.29) is 18.2 Å². The number of nitrogens with one attached hydrogen (secondary N) is 1. The van der Waals surface area contributed by atoms with Crippen molar-refractivity contribution in [3.8, 4) is 0 Å². The Morgan fingerprint density at radius 3 is 2.92 bits per heavy atom. The molecule has 1 N–H and O–H groups in total. The van der Waals surface area contributed by atoms with Gasteiger partial charge in [0.2, 0.25) is 0 Å². The molecule has 2 amide bonds. The number of likely N-dealkylation sites (tertiary alicyclic amines) is 1. The number of amides is 2. The normalized spacial score (nSPS) is 18.6. The Kier molecular flexibility index (Phi) is 5.48. The maximum absolute atomic E-state index is 12.6. The van der Waals surface area contributed by atoms with Gasteiger partial charge in [0.05, 0.1) is 22.8 Å². The van der Waals surface area contributed by atoms with Crippen molar-refractivity contribution < 1.29 is 9.53 Å². The standard InChI is InChI=1S/C18H23N3O2S/c1-13-20-15(12-24-13)16-9-6-10-21(16)18(22)19-11-17(23-2)14-7-4-3-5-8-14/h3-5,7-8,12,16-17H,6,9-11H2,1-2H3,(H,19,22)/t16-,17?/m1/s1. The molecule has 128 valence electrons. The molecule has 1 aliphatic heterocycles. The molecule has 1 aromatic carbocycles. The van der Waals surface area contributed by atoms with Crippen LogP contribution in [0.2, 0.25) is 0 Å². The molecule has 2 aromatic rings. The quantitative estimate of drug-likeness (QED) is 0.899. The van der Waals surface area contributed by atoms with Crippen molar-refractivity contribution in [2.45, 2.75) is 31.9 Å². The molecule has 2 atom stereocenters. The highest BCUT2D eigenvalue weighted by molar-refractivity contribution is 7.09. The monoisotopic (exact) mass is 345 g/mol. The molecule has 1 aliphatic rings. The van der Waals surface area contributed by atoms with Gasteiger partial charge in [-0.1, -0.05) is 30.3 Å². The van der Waals surface area contributed by atoms with Gasteiger partial charge < -0.3 is 15.0 Å². The number of benzene rings is 1. The summed E-state index contributed by atoms with van der Waals surface area (Å²) in [5.41, 5.74) is 2.07. The fraction of sp³-hybridized carbons (Fsp3) is 0.444. The molecule has 24 heavy (non-hydrogen) atoms. The van der Waals surface area contributed by atoms with Crippen LogP contribution in [0.25, 0.3) is 0 Å². The minimum absolute atomic E-state index is 0.0406. The van der Waals surface area contributed by atoms with E-state index in [0.717, 1.165) is 35.7 Å². The number of methoxy groups -OCH3 is 1. The number of rotatable bonds is 5. The number of hydrogen-bond acceptors (Lipinski definition) is 4. The maximum atomic E-state index is 12.6. The van der Waals surface area contributed by atoms with Crippen LogP contribution >= 0.6 is 11.3 Å². The van der Waals surface area contributed by atoms with Gasteiger partial charge in [-0.15, -0.1) is 11.3 Å². The molecule has 1 unspecified atom stereocenters. The third-order valence-corrected chi connectivity index (χ3v) is 5.18. The van der Waals surface area contributed by atoms with Gasteiger partial charge in [-0.25, -0.2) is 9.78 Å². The van der Waals surface area contributed by atoms with Crippen LogP contribution in [0.1, 0.15) is 41.3 Å². The summed E-state index contributed by atoms with van der Waals surface area (Å²) in [6.07, 6.45) is 1.85. The zero-order valence-electron chi connectivity index (χ0n) is 14.1. The van der Waals surface area contributed by atoms with Gasteiger partial charge in [0.25, 0.3) is 0 Å². The first-order valence-electron chi connectivity index (χ1n) is 8.23. The van der Waals surface area contributed by atoms with Crippen LogP contribution in [-0.2, 0) is 4.74 Å². The lowest BCUT2D eigenvalue weighted by molar-refractivity contribution is 0.101. The highest BCUT2D eigenvalue weighted by atomic mass is 32.1. The molecule has 0 radical (unpaired) electrons. The van der Waals surface area contributed by atoms with Crippen molar-refractivity contribution in [1.29, 1.82) is 0 Å². The van der Waals surface area contributed by atoms with Gasteiger partial charge in [-0.05, 0) is 25.3 Å². The fourth-order valence-electron chi connectivity index (χ4n) is 3.14. The molecule has 0 saturated carbocycles. The lowest BCUT2D eigenvalue weighted by Gasteiger charge is -2.25. The summed E-state index contributed by atoms with van der Waals surface area (Å²) in [7, 11) is 1.67. The molecule has 0 spiro atoms. The van der Waals surface area contributed by atoms with Crippen molar-refractivity contribution in [2.24, 2.45) is 0 Å². The lowest BCUT2D eigenvalue weighted by atomic mass is 10.1. The summed E-state index contributed by atoms with van der Waals surface area (Å²) >= 11 is 1.63. The van der Waals surface area contributed by atoms with E-state index >= 15 is 0 Å². The Hall–Kier alpha value is -1.92. The van der Waals surface area contributed by atoms with Gasteiger partial charge in [0.1, 0.15) is 0 Å². The minimum atomic E-state index is -0.141. The third kappa shape index (κ3) is 3.76. The second-order valence-corrected chi connectivity index (χ2v) is 7.03. The maximum Gasteiger partial charge on any atom is 0.318 e. The number of carbonyl (C=O) groups is 1. The summed E-state index contributed by atoms with van der Waals surface area (Å²) in [6, 6.07) is 10.00. The summed E-state index contributed by atoms with van der Waals surface area (Å²) < 4.78 is 5.52. The Balaban J connectivity index is 1.61. The second-order valence-electron chi connectivity index (χ2n) is 5.96. The summed E-state index contributed by atoms with van der Waals surface area (Å²) in [5.74, 6) is 0. The van der Waals surface area contributed by atoms with Crippen LogP contribution in [0.5, 0.6) is 0 Å². The number of hydrogen-bond donors (Lipinski definition) is 1. The number of ether oxygens (including phenoxy) is 1. The first-order chi connectivity index (χ1) is 11.7. The first-order valence-corrected chi connectivity index (χ1v) is 9.11. The van der Waals surface area contributed by atoms with Crippen LogP contribution in [0.4, 0.5) is 4.79 Å². The first kappa shape index (κ1) is 16.9. The van der Waals surface area contributed by atoms with E-state index in [1.807, 2.05) is 42.2 Å². The topological polar surface area (TPSA) is 54.5 Å². The van der Waals surface area contributed by atoms with Crippen molar-refractivity contribution in [2.75, 3.05) is 20.2 Å². The van der Waals surface area contributed by atoms with Gasteiger partial charge in [0, 0.05) is 25.6 Å². The molecule has 2 heterocycles. The molecule has 1 fully saturated rings. The van der Waals surface area contributed by atoms with E-state index in [0.29, 0.717) is 6.54 Å². The van der Waals surface area contributed by atoms with Crippen molar-refractivity contribution in [3.05, 3.63) is 52.0 Å². The molecular weight excluding hydrogens is 322 g/mol. The van der Waals surface area contributed by atoms with Crippen LogP contribution < -0.4 is 5.32 Å². The number of carbonyl (C=O) groups excluding carboxylic acids is 1. The highest BCUT2D eigenvalue weighted by Crippen LogP contribution is 2.32. The van der Waals surface area contributed by atoms with Crippen LogP contribution in [0.3, 0.4) is 0 Å². The number of aromatic nitrogens is 1. The van der Waals surface area contributed by atoms with Gasteiger partial charge in [0.15, 0.2) is 0 Å². The number of urea groups is 1. The van der Waals surface area contributed by atoms with E-state index < -0.39 is 0 Å². The van der Waals surface area contributed by atoms with E-state index in [4.69, 9.17) is 4.74 Å². The molecular formula is C18H23N3O2S. The number of aryl methyl sites for hydroxylation is 1. The molecule has 0 aliphatic carbocycles. The van der Waals surface area contributed by atoms with Crippen LogP contribution in [0.15, 0.2) is 35.7 Å². The zero-order chi connectivity index (χ0) is 16.9. The average Bonchev–Trinajstić information content (AvgIpc) is 3.25. The fourth-order valence-corrected chi connectivity index (χ4v) is 3.80. The van der Waals surface area contributed by atoms with Crippen molar-refractivity contribution in [1.82, 2.24) is 15.2 Å². The number of thiazole rings is 1.